The van der Waals surface area contributed by atoms with Crippen molar-refractivity contribution in [2.24, 2.45) is 0 Å². The minimum absolute atomic E-state index is 0.238. The molecular weight excluding hydrogens is 206 g/mol. The smallest absolute Gasteiger partial charge is 0.131 e. The van der Waals surface area contributed by atoms with Crippen molar-refractivity contribution in [1.82, 2.24) is 4.90 Å². The second-order valence-electron chi connectivity index (χ2n) is 4.13. The Hall–Kier alpha value is -0.450. The quantitative estimate of drug-likeness (QED) is 0.532. The number of methoxy groups -OCH3 is 2. The van der Waals surface area contributed by atoms with Crippen LogP contribution in [0.15, 0.2) is 0 Å². The first-order chi connectivity index (χ1) is 7.61. The first-order valence-corrected chi connectivity index (χ1v) is 5.83. The molecule has 96 valence electrons. The molecule has 1 unspecified atom stereocenters. The lowest BCUT2D eigenvalue weighted by molar-refractivity contribution is -0.118. The number of carbonyl (C=O) groups is 1. The minimum Gasteiger partial charge on any atom is -0.385 e. The van der Waals surface area contributed by atoms with Gasteiger partial charge in [0.25, 0.3) is 0 Å². The lowest BCUT2D eigenvalue weighted by atomic mass is 10.1. The van der Waals surface area contributed by atoms with Crippen LogP contribution < -0.4 is 0 Å². The van der Waals surface area contributed by atoms with Crippen LogP contribution >= 0.6 is 0 Å². The zero-order valence-corrected chi connectivity index (χ0v) is 11.0. The lowest BCUT2D eigenvalue weighted by Crippen LogP contribution is -2.38. The van der Waals surface area contributed by atoms with Crippen molar-refractivity contribution in [1.29, 1.82) is 0 Å². The van der Waals surface area contributed by atoms with Gasteiger partial charge in [0.05, 0.1) is 6.61 Å². The van der Waals surface area contributed by atoms with Gasteiger partial charge in [0.2, 0.25) is 0 Å². The fourth-order valence-electron chi connectivity index (χ4n) is 1.72. The number of ketones is 1. The van der Waals surface area contributed by atoms with Crippen molar-refractivity contribution in [3.05, 3.63) is 0 Å². The summed E-state index contributed by atoms with van der Waals surface area (Å²) in [6.07, 6.45) is 1.60. The molecule has 0 spiro atoms. The fourth-order valence-corrected chi connectivity index (χ4v) is 1.72. The van der Waals surface area contributed by atoms with Gasteiger partial charge in [0.1, 0.15) is 5.78 Å². The number of rotatable bonds is 10. The Morgan fingerprint density at radius 3 is 2.31 bits per heavy atom. The summed E-state index contributed by atoms with van der Waals surface area (Å²) in [6, 6.07) is 0.282. The van der Waals surface area contributed by atoms with Gasteiger partial charge in [0.15, 0.2) is 0 Å². The van der Waals surface area contributed by atoms with Gasteiger partial charge in [-0.25, -0.2) is 0 Å². The Kier molecular flexibility index (Phi) is 9.48. The molecule has 0 fully saturated rings. The first kappa shape index (κ1) is 15.6. The van der Waals surface area contributed by atoms with Crippen molar-refractivity contribution >= 4 is 5.78 Å². The van der Waals surface area contributed by atoms with E-state index >= 15 is 0 Å². The number of hydrogen-bond donors (Lipinski definition) is 0. The molecule has 4 nitrogen and oxygen atoms in total. The molecular formula is C12H25NO3. The summed E-state index contributed by atoms with van der Waals surface area (Å²) in [4.78, 5) is 13.4. The van der Waals surface area contributed by atoms with E-state index in [1.54, 1.807) is 21.1 Å². The standard InChI is InChI=1S/C12H25NO3/c1-11(10-12(2)14)13(7-9-16-4)6-5-8-15-3/h11H,5-10H2,1-4H3. The van der Waals surface area contributed by atoms with Crippen LogP contribution in [-0.2, 0) is 14.3 Å². The van der Waals surface area contributed by atoms with Crippen molar-refractivity contribution in [2.45, 2.75) is 32.7 Å². The van der Waals surface area contributed by atoms with E-state index in [1.807, 2.05) is 0 Å². The first-order valence-electron chi connectivity index (χ1n) is 5.83. The van der Waals surface area contributed by atoms with Crippen LogP contribution in [0.3, 0.4) is 0 Å². The Balaban J connectivity index is 4.00. The molecule has 0 heterocycles. The highest BCUT2D eigenvalue weighted by Gasteiger charge is 2.14. The Morgan fingerprint density at radius 1 is 1.19 bits per heavy atom. The molecule has 0 saturated heterocycles. The molecule has 0 aliphatic rings. The second kappa shape index (κ2) is 9.75. The van der Waals surface area contributed by atoms with E-state index in [-0.39, 0.29) is 11.8 Å². The zero-order valence-electron chi connectivity index (χ0n) is 11.0. The molecule has 1 atom stereocenters. The summed E-state index contributed by atoms with van der Waals surface area (Å²) in [5.74, 6) is 0.238. The third-order valence-electron chi connectivity index (χ3n) is 2.58. The molecule has 0 aromatic carbocycles. The van der Waals surface area contributed by atoms with E-state index in [9.17, 15) is 4.79 Å². The van der Waals surface area contributed by atoms with Crippen molar-refractivity contribution in [3.63, 3.8) is 0 Å². The van der Waals surface area contributed by atoms with Crippen LogP contribution in [0.25, 0.3) is 0 Å². The van der Waals surface area contributed by atoms with Crippen molar-refractivity contribution < 1.29 is 14.3 Å². The van der Waals surface area contributed by atoms with E-state index < -0.39 is 0 Å². The molecule has 0 aliphatic heterocycles. The van der Waals surface area contributed by atoms with Gasteiger partial charge in [-0.2, -0.15) is 0 Å². The van der Waals surface area contributed by atoms with Crippen molar-refractivity contribution in [2.75, 3.05) is 40.5 Å². The van der Waals surface area contributed by atoms with Gasteiger partial charge in [-0.15, -0.1) is 0 Å². The summed E-state index contributed by atoms with van der Waals surface area (Å²) in [5.41, 5.74) is 0. The second-order valence-corrected chi connectivity index (χ2v) is 4.13. The predicted molar refractivity (Wildman–Crippen MR) is 64.7 cm³/mol. The predicted octanol–water partition coefficient (Wildman–Crippen LogP) is 1.34. The van der Waals surface area contributed by atoms with Gasteiger partial charge in [-0.05, 0) is 20.3 Å². The maximum absolute atomic E-state index is 11.1. The molecule has 0 amide bonds. The fraction of sp³-hybridized carbons (Fsp3) is 0.917. The lowest BCUT2D eigenvalue weighted by Gasteiger charge is -2.28. The van der Waals surface area contributed by atoms with E-state index in [4.69, 9.17) is 9.47 Å². The summed E-state index contributed by atoms with van der Waals surface area (Å²) in [7, 11) is 3.40. The molecule has 0 aliphatic carbocycles. The summed E-state index contributed by atoms with van der Waals surface area (Å²) < 4.78 is 10.1. The molecule has 0 rings (SSSR count). The van der Waals surface area contributed by atoms with Gasteiger partial charge in [-0.1, -0.05) is 0 Å². The average molecular weight is 231 g/mol. The summed E-state index contributed by atoms with van der Waals surface area (Å²) in [5, 5.41) is 0. The summed E-state index contributed by atoms with van der Waals surface area (Å²) >= 11 is 0. The average Bonchev–Trinajstić information content (AvgIpc) is 2.22. The Labute approximate surface area is 98.9 Å². The minimum atomic E-state index is 0.238. The van der Waals surface area contributed by atoms with Crippen LogP contribution in [0.2, 0.25) is 0 Å². The monoisotopic (exact) mass is 231 g/mol. The van der Waals surface area contributed by atoms with Gasteiger partial charge < -0.3 is 9.47 Å². The molecule has 4 heteroatoms. The normalized spacial score (nSPS) is 13.1. The van der Waals surface area contributed by atoms with E-state index in [2.05, 4.69) is 11.8 Å². The van der Waals surface area contributed by atoms with Crippen LogP contribution in [0, 0.1) is 0 Å². The van der Waals surface area contributed by atoms with E-state index in [0.29, 0.717) is 13.0 Å². The van der Waals surface area contributed by atoms with Crippen LogP contribution in [-0.4, -0.2) is 57.2 Å². The van der Waals surface area contributed by atoms with Gasteiger partial charge in [-0.3, -0.25) is 9.69 Å². The molecule has 0 aromatic rings. The highest BCUT2D eigenvalue weighted by Crippen LogP contribution is 2.05. The van der Waals surface area contributed by atoms with Crippen LogP contribution in [0.1, 0.15) is 26.7 Å². The van der Waals surface area contributed by atoms with Crippen molar-refractivity contribution in [3.8, 4) is 0 Å². The maximum atomic E-state index is 11.1. The molecule has 0 aromatic heterocycles. The maximum Gasteiger partial charge on any atom is 0.131 e. The largest absolute Gasteiger partial charge is 0.385 e. The van der Waals surface area contributed by atoms with Crippen LogP contribution in [0.5, 0.6) is 0 Å². The molecule has 0 radical (unpaired) electrons. The topological polar surface area (TPSA) is 38.8 Å². The Bertz CT molecular complexity index is 185. The Morgan fingerprint density at radius 2 is 1.81 bits per heavy atom. The molecule has 0 bridgehead atoms. The molecule has 16 heavy (non-hydrogen) atoms. The SMILES string of the molecule is COCCCN(CCOC)C(C)CC(C)=O. The van der Waals surface area contributed by atoms with E-state index in [1.165, 1.54) is 0 Å². The third kappa shape index (κ3) is 7.79. The summed E-state index contributed by atoms with van der Waals surface area (Å²) in [6.45, 7) is 7.01. The highest BCUT2D eigenvalue weighted by molar-refractivity contribution is 5.76. The number of Topliss-reactive ketones (excluding diaryl/α,β-unsaturated/α-hetero) is 1. The zero-order chi connectivity index (χ0) is 12.4. The number of ether oxygens (including phenoxy) is 2. The third-order valence-corrected chi connectivity index (χ3v) is 2.58. The van der Waals surface area contributed by atoms with E-state index in [0.717, 1.165) is 26.1 Å². The molecule has 0 saturated carbocycles. The van der Waals surface area contributed by atoms with Gasteiger partial charge >= 0.3 is 0 Å². The number of nitrogens with zero attached hydrogens (tertiary/aromatic N) is 1. The van der Waals surface area contributed by atoms with Crippen LogP contribution in [0.4, 0.5) is 0 Å². The molecule has 0 N–H and O–H groups in total. The van der Waals surface area contributed by atoms with Gasteiger partial charge in [0, 0.05) is 46.4 Å². The highest BCUT2D eigenvalue weighted by atomic mass is 16.5. The number of carbonyl (C=O) groups excluding carboxylic acids is 1. The number of hydrogen-bond acceptors (Lipinski definition) is 4.